The molecule has 0 bridgehead atoms. The van der Waals surface area contributed by atoms with Gasteiger partial charge in [0.2, 0.25) is 5.91 Å². The van der Waals surface area contributed by atoms with E-state index in [1.165, 1.54) is 11.6 Å². The van der Waals surface area contributed by atoms with Crippen LogP contribution in [0.5, 0.6) is 5.75 Å². The number of amides is 1. The van der Waals surface area contributed by atoms with Gasteiger partial charge in [0.15, 0.2) is 5.82 Å². The zero-order chi connectivity index (χ0) is 20.1. The molecule has 6 heteroatoms. The highest BCUT2D eigenvalue weighted by Gasteiger charge is 2.12. The Kier molecular flexibility index (Phi) is 5.99. The molecule has 0 fully saturated rings. The van der Waals surface area contributed by atoms with Crippen molar-refractivity contribution in [1.82, 2.24) is 15.0 Å². The predicted molar refractivity (Wildman–Crippen MR) is 109 cm³/mol. The Bertz CT molecular complexity index is 981. The minimum Gasteiger partial charge on any atom is -0.492 e. The van der Waals surface area contributed by atoms with E-state index in [-0.39, 0.29) is 5.91 Å². The minimum absolute atomic E-state index is 0.158. The maximum atomic E-state index is 12.1. The summed E-state index contributed by atoms with van der Waals surface area (Å²) in [4.78, 5) is 12.1. The van der Waals surface area contributed by atoms with E-state index in [4.69, 9.17) is 9.26 Å². The molecule has 0 radical (unpaired) electrons. The molecular formula is C22H25N3O3. The fourth-order valence-electron chi connectivity index (χ4n) is 2.97. The number of aryl methyl sites for hydroxylation is 3. The van der Waals surface area contributed by atoms with Crippen LogP contribution in [0.2, 0.25) is 0 Å². The van der Waals surface area contributed by atoms with Crippen LogP contribution in [0.25, 0.3) is 11.9 Å². The number of hydrogen-bond donors (Lipinski definition) is 1. The Balaban J connectivity index is 1.53. The van der Waals surface area contributed by atoms with Crippen molar-refractivity contribution in [2.75, 3.05) is 13.2 Å². The molecule has 1 amide bonds. The van der Waals surface area contributed by atoms with Crippen LogP contribution in [-0.4, -0.2) is 28.8 Å². The lowest BCUT2D eigenvalue weighted by atomic mass is 10.2. The molecule has 1 N–H and O–H groups in total. The summed E-state index contributed by atoms with van der Waals surface area (Å²) in [5, 5.41) is 6.89. The number of aromatic nitrogens is 2. The van der Waals surface area contributed by atoms with Crippen molar-refractivity contribution in [3.63, 3.8) is 0 Å². The van der Waals surface area contributed by atoms with E-state index in [9.17, 15) is 4.79 Å². The zero-order valence-corrected chi connectivity index (χ0v) is 16.7. The van der Waals surface area contributed by atoms with E-state index in [1.54, 1.807) is 0 Å². The van der Waals surface area contributed by atoms with Crippen LogP contribution in [0.4, 0.5) is 0 Å². The third kappa shape index (κ3) is 4.71. The van der Waals surface area contributed by atoms with Crippen LogP contribution in [-0.2, 0) is 4.79 Å². The fourth-order valence-corrected chi connectivity index (χ4v) is 2.97. The molecule has 0 aliphatic rings. The lowest BCUT2D eigenvalue weighted by Crippen LogP contribution is -2.26. The number of benzene rings is 1. The average Bonchev–Trinajstić information content (AvgIpc) is 3.21. The molecule has 28 heavy (non-hydrogen) atoms. The fraction of sp³-hybridized carbons (Fsp3) is 0.273. The molecule has 3 rings (SSSR count). The standard InChI is InChI=1S/C22H25N3O3/c1-15-5-8-20(9-6-15)27-12-11-23-22(26)10-7-19-13-16(2)25(18(19)4)21-14-17(3)28-24-21/h5-10,13-14H,11-12H2,1-4H3,(H,23,26)/b10-7+. The molecule has 0 aliphatic carbocycles. The first-order chi connectivity index (χ1) is 13.4. The van der Waals surface area contributed by atoms with Crippen molar-refractivity contribution < 1.29 is 14.1 Å². The van der Waals surface area contributed by atoms with E-state index >= 15 is 0 Å². The number of carbonyl (C=O) groups excluding carboxylic acids is 1. The predicted octanol–water partition coefficient (Wildman–Crippen LogP) is 3.91. The zero-order valence-electron chi connectivity index (χ0n) is 16.7. The van der Waals surface area contributed by atoms with E-state index in [1.807, 2.05) is 74.7 Å². The van der Waals surface area contributed by atoms with Crippen molar-refractivity contribution in [1.29, 1.82) is 0 Å². The van der Waals surface area contributed by atoms with Gasteiger partial charge >= 0.3 is 0 Å². The van der Waals surface area contributed by atoms with Gasteiger partial charge in [-0.05, 0) is 57.5 Å². The van der Waals surface area contributed by atoms with Gasteiger partial charge < -0.3 is 14.6 Å². The normalized spacial score (nSPS) is 11.1. The third-order valence-electron chi connectivity index (χ3n) is 4.42. The minimum atomic E-state index is -0.158. The summed E-state index contributed by atoms with van der Waals surface area (Å²) in [5.41, 5.74) is 4.17. The smallest absolute Gasteiger partial charge is 0.244 e. The van der Waals surface area contributed by atoms with E-state index < -0.39 is 0 Å². The first-order valence-corrected chi connectivity index (χ1v) is 9.22. The second-order valence-corrected chi connectivity index (χ2v) is 6.74. The van der Waals surface area contributed by atoms with Gasteiger partial charge in [-0.3, -0.25) is 9.36 Å². The maximum Gasteiger partial charge on any atom is 0.244 e. The van der Waals surface area contributed by atoms with Crippen LogP contribution in [0.3, 0.4) is 0 Å². The number of rotatable bonds is 7. The number of nitrogens with one attached hydrogen (secondary N) is 1. The lowest BCUT2D eigenvalue weighted by molar-refractivity contribution is -0.116. The molecule has 0 atom stereocenters. The summed E-state index contributed by atoms with van der Waals surface area (Å²) in [5.74, 6) is 2.14. The molecule has 0 saturated heterocycles. The molecule has 0 unspecified atom stereocenters. The molecule has 0 saturated carbocycles. The van der Waals surface area contributed by atoms with Crippen LogP contribution in [0.15, 0.2) is 47.0 Å². The van der Waals surface area contributed by atoms with Crippen LogP contribution < -0.4 is 10.1 Å². The largest absolute Gasteiger partial charge is 0.492 e. The summed E-state index contributed by atoms with van der Waals surface area (Å²) in [6.07, 6.45) is 3.34. The summed E-state index contributed by atoms with van der Waals surface area (Å²) in [6.45, 7) is 8.73. The van der Waals surface area contributed by atoms with Gasteiger partial charge in [-0.15, -0.1) is 0 Å². The highest BCUT2D eigenvalue weighted by atomic mass is 16.5. The van der Waals surface area contributed by atoms with Crippen molar-refractivity contribution in [2.45, 2.75) is 27.7 Å². The molecule has 3 aromatic rings. The Morgan fingerprint density at radius 3 is 2.61 bits per heavy atom. The molecule has 0 aliphatic heterocycles. The number of carbonyl (C=O) groups is 1. The molecule has 146 valence electrons. The Morgan fingerprint density at radius 1 is 1.18 bits per heavy atom. The topological polar surface area (TPSA) is 69.3 Å². The number of nitrogens with zero attached hydrogens (tertiary/aromatic N) is 2. The van der Waals surface area contributed by atoms with Gasteiger partial charge in [-0.2, -0.15) is 0 Å². The van der Waals surface area contributed by atoms with Gasteiger partial charge in [0, 0.05) is 23.5 Å². The maximum absolute atomic E-state index is 12.1. The second-order valence-electron chi connectivity index (χ2n) is 6.74. The van der Waals surface area contributed by atoms with Crippen LogP contribution >= 0.6 is 0 Å². The van der Waals surface area contributed by atoms with Gasteiger partial charge in [0.25, 0.3) is 0 Å². The van der Waals surface area contributed by atoms with E-state index in [2.05, 4.69) is 10.5 Å². The monoisotopic (exact) mass is 379 g/mol. The second kappa shape index (κ2) is 8.61. The third-order valence-corrected chi connectivity index (χ3v) is 4.42. The van der Waals surface area contributed by atoms with Gasteiger partial charge in [0.1, 0.15) is 18.1 Å². The highest BCUT2D eigenvalue weighted by molar-refractivity contribution is 5.91. The van der Waals surface area contributed by atoms with Gasteiger partial charge in [-0.1, -0.05) is 22.9 Å². The molecule has 1 aromatic carbocycles. The molecular weight excluding hydrogens is 354 g/mol. The van der Waals surface area contributed by atoms with Crippen LogP contribution in [0.1, 0.15) is 28.3 Å². The summed E-state index contributed by atoms with van der Waals surface area (Å²) < 4.78 is 12.8. The Morgan fingerprint density at radius 2 is 1.93 bits per heavy atom. The summed E-state index contributed by atoms with van der Waals surface area (Å²) in [6, 6.07) is 11.7. The highest BCUT2D eigenvalue weighted by Crippen LogP contribution is 2.21. The molecule has 0 spiro atoms. The van der Waals surface area contributed by atoms with Gasteiger partial charge in [-0.25, -0.2) is 0 Å². The Labute approximate surface area is 164 Å². The van der Waals surface area contributed by atoms with Crippen molar-refractivity contribution >= 4 is 12.0 Å². The van der Waals surface area contributed by atoms with Gasteiger partial charge in [0.05, 0.1) is 6.54 Å². The van der Waals surface area contributed by atoms with Crippen molar-refractivity contribution in [2.24, 2.45) is 0 Å². The molecule has 2 aromatic heterocycles. The first-order valence-electron chi connectivity index (χ1n) is 9.22. The average molecular weight is 379 g/mol. The molecule has 2 heterocycles. The van der Waals surface area contributed by atoms with E-state index in [0.717, 1.165) is 34.3 Å². The van der Waals surface area contributed by atoms with Crippen LogP contribution in [0, 0.1) is 27.7 Å². The summed E-state index contributed by atoms with van der Waals surface area (Å²) >= 11 is 0. The summed E-state index contributed by atoms with van der Waals surface area (Å²) in [7, 11) is 0. The first kappa shape index (κ1) is 19.5. The lowest BCUT2D eigenvalue weighted by Gasteiger charge is -2.06. The van der Waals surface area contributed by atoms with Crippen molar-refractivity contribution in [3.05, 3.63) is 70.7 Å². The SMILES string of the molecule is Cc1ccc(OCCNC(=O)/C=C/c2cc(C)n(-c3cc(C)on3)c2C)cc1. The van der Waals surface area contributed by atoms with Crippen molar-refractivity contribution in [3.8, 4) is 11.6 Å². The number of hydrogen-bond acceptors (Lipinski definition) is 4. The van der Waals surface area contributed by atoms with E-state index in [0.29, 0.717) is 13.2 Å². The molecule has 6 nitrogen and oxygen atoms in total. The number of ether oxygens (including phenoxy) is 1. The Hall–Kier alpha value is -3.28. The quantitative estimate of drug-likeness (QED) is 0.499.